The van der Waals surface area contributed by atoms with E-state index in [2.05, 4.69) is 106 Å². The maximum absolute atomic E-state index is 12.8. The summed E-state index contributed by atoms with van der Waals surface area (Å²) in [7, 11) is 0. The van der Waals surface area contributed by atoms with Crippen molar-refractivity contribution in [3.05, 3.63) is 85.1 Å². The van der Waals surface area contributed by atoms with Gasteiger partial charge in [-0.1, -0.05) is 292 Å². The SMILES string of the molecule is CC/C=C\C/C=C\C/C=C\C/C=C\CCCCCCCCCCCCCCCCCCCCCCC(=O)OCC(COC(=O)CCCCCCCCC)OC(=O)CCCCCCCCC/C=C\C/C=C\C/C=C\CC. The minimum Gasteiger partial charge on any atom is -0.462 e. The molecule has 0 bridgehead atoms. The van der Waals surface area contributed by atoms with E-state index in [1.165, 1.54) is 167 Å². The van der Waals surface area contributed by atoms with Gasteiger partial charge < -0.3 is 14.2 Å². The standard InChI is InChI=1S/C69H120O6/c1-4-7-10-13-16-18-20-22-24-26-27-28-29-30-31-32-33-34-35-36-37-38-39-40-41-43-44-46-48-50-53-56-59-62-68(71)74-65-66(64-73-67(70)61-58-55-52-15-12-9-6-3)75-69(72)63-60-57-54-51-49-47-45-42-25-23-21-19-17-14-11-8-5-2/h7-8,10-11,16-19,22-25,27-28,66H,4-6,9,12-15,20-21,26,29-65H2,1-3H3/b10-7-,11-8-,18-16-,19-17-,24-22-,25-23-,28-27-. The normalized spacial score (nSPS) is 12.6. The number of allylic oxidation sites excluding steroid dienone is 14. The highest BCUT2D eigenvalue weighted by molar-refractivity contribution is 5.71. The van der Waals surface area contributed by atoms with E-state index in [1.807, 2.05) is 0 Å². The van der Waals surface area contributed by atoms with Crippen LogP contribution in [0.1, 0.15) is 316 Å². The minimum absolute atomic E-state index is 0.0763. The van der Waals surface area contributed by atoms with Crippen molar-refractivity contribution in [2.75, 3.05) is 13.2 Å². The van der Waals surface area contributed by atoms with E-state index < -0.39 is 6.10 Å². The molecule has 0 aromatic rings. The Hall–Kier alpha value is -3.41. The van der Waals surface area contributed by atoms with E-state index >= 15 is 0 Å². The number of unbranched alkanes of at least 4 members (excludes halogenated alkanes) is 33. The average Bonchev–Trinajstić information content (AvgIpc) is 3.41. The molecule has 0 fully saturated rings. The molecule has 0 heterocycles. The molecule has 0 amide bonds. The first-order valence-corrected chi connectivity index (χ1v) is 32.1. The summed E-state index contributed by atoms with van der Waals surface area (Å²) in [5.74, 6) is -0.881. The van der Waals surface area contributed by atoms with Crippen molar-refractivity contribution in [1.29, 1.82) is 0 Å². The van der Waals surface area contributed by atoms with Crippen LogP contribution in [0, 0.1) is 0 Å². The van der Waals surface area contributed by atoms with E-state index in [9.17, 15) is 14.4 Å². The Morgan fingerprint density at radius 2 is 0.520 bits per heavy atom. The summed E-state index contributed by atoms with van der Waals surface area (Å²) in [6.45, 7) is 6.39. The lowest BCUT2D eigenvalue weighted by Crippen LogP contribution is -2.30. The van der Waals surface area contributed by atoms with Gasteiger partial charge in [-0.3, -0.25) is 14.4 Å². The zero-order valence-electron chi connectivity index (χ0n) is 49.6. The molecule has 0 N–H and O–H groups in total. The summed E-state index contributed by atoms with van der Waals surface area (Å²) in [5.41, 5.74) is 0. The first-order chi connectivity index (χ1) is 37.0. The van der Waals surface area contributed by atoms with E-state index in [0.717, 1.165) is 109 Å². The molecule has 0 aliphatic rings. The molecular weight excluding hydrogens is 925 g/mol. The third kappa shape index (κ3) is 61.3. The molecule has 0 saturated heterocycles. The van der Waals surface area contributed by atoms with Gasteiger partial charge in [0.05, 0.1) is 0 Å². The second-order valence-corrected chi connectivity index (χ2v) is 21.3. The highest BCUT2D eigenvalue weighted by Gasteiger charge is 2.19. The lowest BCUT2D eigenvalue weighted by Gasteiger charge is -2.18. The molecule has 75 heavy (non-hydrogen) atoms. The van der Waals surface area contributed by atoms with Crippen LogP contribution in [-0.4, -0.2) is 37.2 Å². The van der Waals surface area contributed by atoms with E-state index in [0.29, 0.717) is 19.3 Å². The number of ether oxygens (including phenoxy) is 3. The first kappa shape index (κ1) is 71.6. The third-order valence-corrected chi connectivity index (χ3v) is 13.9. The zero-order valence-corrected chi connectivity index (χ0v) is 49.6. The summed E-state index contributed by atoms with van der Waals surface area (Å²) in [5, 5.41) is 0. The Kier molecular flexibility index (Phi) is 60.3. The fourth-order valence-corrected chi connectivity index (χ4v) is 9.16. The zero-order chi connectivity index (χ0) is 54.3. The van der Waals surface area contributed by atoms with Gasteiger partial charge in [-0.05, 0) is 89.9 Å². The van der Waals surface area contributed by atoms with Gasteiger partial charge in [-0.25, -0.2) is 0 Å². The van der Waals surface area contributed by atoms with Gasteiger partial charge >= 0.3 is 17.9 Å². The molecule has 0 aliphatic heterocycles. The van der Waals surface area contributed by atoms with Gasteiger partial charge in [0.15, 0.2) is 6.10 Å². The van der Waals surface area contributed by atoms with Crippen molar-refractivity contribution in [1.82, 2.24) is 0 Å². The number of esters is 3. The molecule has 0 saturated carbocycles. The second-order valence-electron chi connectivity index (χ2n) is 21.3. The molecule has 0 aliphatic carbocycles. The first-order valence-electron chi connectivity index (χ1n) is 32.1. The molecule has 0 radical (unpaired) electrons. The van der Waals surface area contributed by atoms with Gasteiger partial charge in [0.1, 0.15) is 13.2 Å². The Morgan fingerprint density at radius 1 is 0.280 bits per heavy atom. The van der Waals surface area contributed by atoms with Crippen molar-refractivity contribution in [2.45, 2.75) is 322 Å². The number of carbonyl (C=O) groups is 3. The molecule has 6 heteroatoms. The Morgan fingerprint density at radius 3 is 0.813 bits per heavy atom. The van der Waals surface area contributed by atoms with Crippen LogP contribution in [0.15, 0.2) is 85.1 Å². The Bertz CT molecular complexity index is 1430. The lowest BCUT2D eigenvalue weighted by molar-refractivity contribution is -0.167. The van der Waals surface area contributed by atoms with Gasteiger partial charge in [0, 0.05) is 19.3 Å². The fourth-order valence-electron chi connectivity index (χ4n) is 9.16. The quantitative estimate of drug-likeness (QED) is 0.0261. The molecule has 0 aromatic heterocycles. The number of carbonyl (C=O) groups excluding carboxylic acids is 3. The predicted molar refractivity (Wildman–Crippen MR) is 325 cm³/mol. The fraction of sp³-hybridized carbons (Fsp3) is 0.754. The number of hydrogen-bond acceptors (Lipinski definition) is 6. The highest BCUT2D eigenvalue weighted by atomic mass is 16.6. The summed E-state index contributed by atoms with van der Waals surface area (Å²) in [6.07, 6.45) is 83.5. The topological polar surface area (TPSA) is 78.9 Å². The van der Waals surface area contributed by atoms with E-state index in [4.69, 9.17) is 14.2 Å². The molecule has 6 nitrogen and oxygen atoms in total. The molecule has 1 unspecified atom stereocenters. The van der Waals surface area contributed by atoms with Crippen LogP contribution in [0.3, 0.4) is 0 Å². The summed E-state index contributed by atoms with van der Waals surface area (Å²) in [4.78, 5) is 38.0. The van der Waals surface area contributed by atoms with Crippen molar-refractivity contribution in [2.24, 2.45) is 0 Å². The summed E-state index contributed by atoms with van der Waals surface area (Å²) in [6, 6.07) is 0. The molecule has 432 valence electrons. The minimum atomic E-state index is -0.777. The van der Waals surface area contributed by atoms with Crippen LogP contribution in [0.2, 0.25) is 0 Å². The third-order valence-electron chi connectivity index (χ3n) is 13.9. The van der Waals surface area contributed by atoms with Crippen LogP contribution >= 0.6 is 0 Å². The van der Waals surface area contributed by atoms with Crippen LogP contribution in [0.25, 0.3) is 0 Å². The highest BCUT2D eigenvalue weighted by Crippen LogP contribution is 2.17. The average molecular weight is 1050 g/mol. The van der Waals surface area contributed by atoms with E-state index in [-0.39, 0.29) is 31.1 Å². The van der Waals surface area contributed by atoms with Gasteiger partial charge in [0.25, 0.3) is 0 Å². The van der Waals surface area contributed by atoms with E-state index in [1.54, 1.807) is 0 Å². The monoisotopic (exact) mass is 1040 g/mol. The van der Waals surface area contributed by atoms with Crippen molar-refractivity contribution in [3.63, 3.8) is 0 Å². The molecule has 0 rings (SSSR count). The molecule has 1 atom stereocenters. The van der Waals surface area contributed by atoms with Crippen LogP contribution in [0.4, 0.5) is 0 Å². The van der Waals surface area contributed by atoms with Gasteiger partial charge in [-0.15, -0.1) is 0 Å². The largest absolute Gasteiger partial charge is 0.462 e. The van der Waals surface area contributed by atoms with Crippen LogP contribution < -0.4 is 0 Å². The van der Waals surface area contributed by atoms with Gasteiger partial charge in [0.2, 0.25) is 0 Å². The summed E-state index contributed by atoms with van der Waals surface area (Å²) >= 11 is 0. The Balaban J connectivity index is 4.00. The van der Waals surface area contributed by atoms with Crippen LogP contribution in [-0.2, 0) is 28.6 Å². The van der Waals surface area contributed by atoms with Gasteiger partial charge in [-0.2, -0.15) is 0 Å². The maximum atomic E-state index is 12.8. The molecule has 0 spiro atoms. The maximum Gasteiger partial charge on any atom is 0.306 e. The Labute approximate surface area is 465 Å². The molecular formula is C69H120O6. The smallest absolute Gasteiger partial charge is 0.306 e. The van der Waals surface area contributed by atoms with Crippen molar-refractivity contribution < 1.29 is 28.6 Å². The second kappa shape index (κ2) is 63.1. The van der Waals surface area contributed by atoms with Crippen LogP contribution in [0.5, 0.6) is 0 Å². The molecule has 0 aromatic carbocycles. The summed E-state index contributed by atoms with van der Waals surface area (Å²) < 4.78 is 16.8. The predicted octanol–water partition coefficient (Wildman–Crippen LogP) is 21.9. The number of hydrogen-bond donors (Lipinski definition) is 0. The van der Waals surface area contributed by atoms with Crippen molar-refractivity contribution in [3.8, 4) is 0 Å². The lowest BCUT2D eigenvalue weighted by atomic mass is 10.0. The number of rotatable bonds is 58. The van der Waals surface area contributed by atoms with Crippen molar-refractivity contribution >= 4 is 17.9 Å².